The Labute approximate surface area is 184 Å². The van der Waals surface area contributed by atoms with Crippen LogP contribution < -0.4 is 10.6 Å². The molecule has 0 saturated carbocycles. The highest BCUT2D eigenvalue weighted by Crippen LogP contribution is 2.18. The van der Waals surface area contributed by atoms with E-state index in [4.69, 9.17) is 4.99 Å². The van der Waals surface area contributed by atoms with Gasteiger partial charge in [-0.1, -0.05) is 36.4 Å². The number of benzene rings is 2. The summed E-state index contributed by atoms with van der Waals surface area (Å²) in [6.45, 7) is 7.94. The van der Waals surface area contributed by atoms with Crippen molar-refractivity contribution in [2.45, 2.75) is 33.4 Å². The second-order valence-corrected chi connectivity index (χ2v) is 6.67. The van der Waals surface area contributed by atoms with E-state index in [0.29, 0.717) is 18.7 Å². The van der Waals surface area contributed by atoms with Crippen LogP contribution in [0.15, 0.2) is 53.5 Å². The fourth-order valence-corrected chi connectivity index (χ4v) is 3.29. The Hall–Kier alpha value is -2.09. The lowest BCUT2D eigenvalue weighted by atomic mass is 10.0. The first-order valence-corrected chi connectivity index (χ1v) is 9.68. The first kappa shape index (κ1) is 22.2. The van der Waals surface area contributed by atoms with Gasteiger partial charge in [-0.25, -0.2) is 4.99 Å². The molecule has 0 atom stereocenters. The van der Waals surface area contributed by atoms with Crippen LogP contribution in [0, 0.1) is 0 Å². The van der Waals surface area contributed by atoms with Crippen molar-refractivity contribution in [2.75, 3.05) is 19.6 Å². The molecule has 1 aliphatic heterocycles. The van der Waals surface area contributed by atoms with Crippen LogP contribution in [-0.2, 0) is 19.5 Å². The molecule has 0 fully saturated rings. The average molecular weight is 492 g/mol. The van der Waals surface area contributed by atoms with Crippen LogP contribution in [0.25, 0.3) is 0 Å². The average Bonchev–Trinajstić information content (AvgIpc) is 2.71. The lowest BCUT2D eigenvalue weighted by Crippen LogP contribution is -2.44. The van der Waals surface area contributed by atoms with E-state index in [-0.39, 0.29) is 29.9 Å². The van der Waals surface area contributed by atoms with Crippen LogP contribution in [0.2, 0.25) is 0 Å². The van der Waals surface area contributed by atoms with Gasteiger partial charge in [0.2, 0.25) is 0 Å². The van der Waals surface area contributed by atoms with E-state index >= 15 is 0 Å². The minimum atomic E-state index is -0.0344. The third-order valence-electron chi connectivity index (χ3n) is 4.73. The Morgan fingerprint density at radius 2 is 1.68 bits per heavy atom. The van der Waals surface area contributed by atoms with Crippen LogP contribution in [0.1, 0.15) is 40.9 Å². The molecule has 28 heavy (non-hydrogen) atoms. The van der Waals surface area contributed by atoms with Gasteiger partial charge in [0.05, 0.1) is 6.54 Å². The molecule has 0 bridgehead atoms. The highest BCUT2D eigenvalue weighted by molar-refractivity contribution is 14.0. The van der Waals surface area contributed by atoms with E-state index in [9.17, 15) is 4.79 Å². The van der Waals surface area contributed by atoms with E-state index in [1.165, 1.54) is 11.1 Å². The van der Waals surface area contributed by atoms with E-state index < -0.39 is 0 Å². The molecule has 1 aliphatic rings. The van der Waals surface area contributed by atoms with E-state index in [2.05, 4.69) is 46.7 Å². The fourth-order valence-electron chi connectivity index (χ4n) is 3.29. The number of hydrogen-bond acceptors (Lipinski definition) is 2. The number of nitrogens with zero attached hydrogens (tertiary/aromatic N) is 2. The zero-order chi connectivity index (χ0) is 19.1. The molecule has 1 heterocycles. The SMILES string of the molecule is CCNC(=O)c1ccc(CN=C(NCC)N2CCc3ccccc3C2)cc1.I. The minimum Gasteiger partial charge on any atom is -0.356 e. The number of guanidine groups is 1. The van der Waals surface area contributed by atoms with Crippen LogP contribution >= 0.6 is 24.0 Å². The van der Waals surface area contributed by atoms with Crippen molar-refractivity contribution in [3.63, 3.8) is 0 Å². The number of halogens is 1. The molecular formula is C22H29IN4O. The van der Waals surface area contributed by atoms with Gasteiger partial charge in [-0.15, -0.1) is 24.0 Å². The maximum Gasteiger partial charge on any atom is 0.251 e. The Morgan fingerprint density at radius 3 is 2.36 bits per heavy atom. The summed E-state index contributed by atoms with van der Waals surface area (Å²) >= 11 is 0. The van der Waals surface area contributed by atoms with E-state index in [1.54, 1.807) is 0 Å². The van der Waals surface area contributed by atoms with Gasteiger partial charge in [-0.3, -0.25) is 4.79 Å². The van der Waals surface area contributed by atoms with Crippen molar-refractivity contribution in [3.8, 4) is 0 Å². The monoisotopic (exact) mass is 492 g/mol. The first-order valence-electron chi connectivity index (χ1n) is 9.68. The number of fused-ring (bicyclic) bond motifs is 1. The molecule has 0 radical (unpaired) electrons. The van der Waals surface area contributed by atoms with Crippen LogP contribution in [0.5, 0.6) is 0 Å². The zero-order valence-corrected chi connectivity index (χ0v) is 18.9. The quantitative estimate of drug-likeness (QED) is 0.381. The minimum absolute atomic E-state index is 0. The van der Waals surface area contributed by atoms with Crippen molar-refractivity contribution >= 4 is 35.8 Å². The number of amides is 1. The molecule has 0 aromatic heterocycles. The standard InChI is InChI=1S/C22H28N4O.HI/c1-3-23-21(27)19-11-9-17(10-12-19)15-25-22(24-4-2)26-14-13-18-7-5-6-8-20(18)16-26;/h5-12H,3-4,13-16H2,1-2H3,(H,23,27)(H,24,25);1H. The summed E-state index contributed by atoms with van der Waals surface area (Å²) in [4.78, 5) is 19.0. The molecule has 0 saturated heterocycles. The third kappa shape index (κ3) is 5.70. The summed E-state index contributed by atoms with van der Waals surface area (Å²) in [6, 6.07) is 16.3. The van der Waals surface area contributed by atoms with Gasteiger partial charge >= 0.3 is 0 Å². The second-order valence-electron chi connectivity index (χ2n) is 6.67. The summed E-state index contributed by atoms with van der Waals surface area (Å²) < 4.78 is 0. The van der Waals surface area contributed by atoms with Crippen molar-refractivity contribution in [2.24, 2.45) is 4.99 Å². The Kier molecular flexibility index (Phi) is 8.76. The lowest BCUT2D eigenvalue weighted by Gasteiger charge is -2.31. The normalized spacial score (nSPS) is 13.4. The summed E-state index contributed by atoms with van der Waals surface area (Å²) in [6.07, 6.45) is 1.04. The molecular weight excluding hydrogens is 463 g/mol. The summed E-state index contributed by atoms with van der Waals surface area (Å²) in [5.74, 6) is 0.910. The second kappa shape index (κ2) is 11.0. The zero-order valence-electron chi connectivity index (χ0n) is 16.6. The van der Waals surface area contributed by atoms with Gasteiger partial charge in [0.15, 0.2) is 5.96 Å². The molecule has 150 valence electrons. The van der Waals surface area contributed by atoms with Crippen molar-refractivity contribution in [3.05, 3.63) is 70.8 Å². The summed E-state index contributed by atoms with van der Waals surface area (Å²) in [7, 11) is 0. The fraction of sp³-hybridized carbons (Fsp3) is 0.364. The van der Waals surface area contributed by atoms with Gasteiger partial charge in [0.1, 0.15) is 0 Å². The summed E-state index contributed by atoms with van der Waals surface area (Å²) in [5, 5.41) is 6.23. The molecule has 6 heteroatoms. The Morgan fingerprint density at radius 1 is 1.00 bits per heavy atom. The number of nitrogens with one attached hydrogen (secondary N) is 2. The van der Waals surface area contributed by atoms with Gasteiger partial charge in [0.25, 0.3) is 5.91 Å². The van der Waals surface area contributed by atoms with Gasteiger partial charge < -0.3 is 15.5 Å². The maximum atomic E-state index is 11.9. The predicted molar refractivity (Wildman–Crippen MR) is 125 cm³/mol. The van der Waals surface area contributed by atoms with Crippen LogP contribution in [-0.4, -0.2) is 36.4 Å². The first-order chi connectivity index (χ1) is 13.2. The van der Waals surface area contributed by atoms with Crippen molar-refractivity contribution < 1.29 is 4.79 Å². The van der Waals surface area contributed by atoms with Gasteiger partial charge in [0, 0.05) is 31.7 Å². The molecule has 2 aromatic carbocycles. The van der Waals surface area contributed by atoms with Gasteiger partial charge in [-0.05, 0) is 49.1 Å². The lowest BCUT2D eigenvalue weighted by molar-refractivity contribution is 0.0956. The summed E-state index contributed by atoms with van der Waals surface area (Å²) in [5.41, 5.74) is 4.59. The highest BCUT2D eigenvalue weighted by Gasteiger charge is 2.18. The maximum absolute atomic E-state index is 11.9. The van der Waals surface area contributed by atoms with Crippen LogP contribution in [0.4, 0.5) is 0 Å². The third-order valence-corrected chi connectivity index (χ3v) is 4.73. The molecule has 1 amide bonds. The number of carbonyl (C=O) groups is 1. The molecule has 2 aromatic rings. The van der Waals surface area contributed by atoms with Gasteiger partial charge in [-0.2, -0.15) is 0 Å². The number of hydrogen-bond donors (Lipinski definition) is 2. The Balaban J connectivity index is 0.00000280. The van der Waals surface area contributed by atoms with E-state index in [0.717, 1.165) is 37.6 Å². The smallest absolute Gasteiger partial charge is 0.251 e. The molecule has 5 nitrogen and oxygen atoms in total. The van der Waals surface area contributed by atoms with E-state index in [1.807, 2.05) is 31.2 Å². The number of carbonyl (C=O) groups excluding carboxylic acids is 1. The highest BCUT2D eigenvalue weighted by atomic mass is 127. The molecule has 2 N–H and O–H groups in total. The molecule has 0 aliphatic carbocycles. The van der Waals surface area contributed by atoms with Crippen molar-refractivity contribution in [1.29, 1.82) is 0 Å². The Bertz CT molecular complexity index is 804. The number of rotatable bonds is 5. The largest absolute Gasteiger partial charge is 0.356 e. The molecule has 3 rings (SSSR count). The van der Waals surface area contributed by atoms with Crippen molar-refractivity contribution in [1.82, 2.24) is 15.5 Å². The molecule has 0 spiro atoms. The molecule has 0 unspecified atom stereocenters. The predicted octanol–water partition coefficient (Wildman–Crippen LogP) is 3.58. The van der Waals surface area contributed by atoms with Crippen LogP contribution in [0.3, 0.4) is 0 Å². The topological polar surface area (TPSA) is 56.7 Å². The number of aliphatic imine (C=N–C) groups is 1.